The van der Waals surface area contributed by atoms with Crippen LogP contribution in [0.25, 0.3) is 0 Å². The van der Waals surface area contributed by atoms with Gasteiger partial charge in [-0.1, -0.05) is 41.4 Å². The molecule has 0 aromatic heterocycles. The molecule has 0 aliphatic heterocycles. The van der Waals surface area contributed by atoms with Gasteiger partial charge >= 0.3 is 5.97 Å². The Morgan fingerprint density at radius 3 is 2.62 bits per heavy atom. The summed E-state index contributed by atoms with van der Waals surface area (Å²) < 4.78 is 36.6. The number of halogens is 3. The summed E-state index contributed by atoms with van der Waals surface area (Å²) in [4.78, 5) is 36.4. The lowest BCUT2D eigenvalue weighted by Crippen LogP contribution is -2.70. The van der Waals surface area contributed by atoms with E-state index >= 15 is 8.78 Å². The van der Waals surface area contributed by atoms with E-state index in [9.17, 15) is 19.5 Å². The first-order valence-electron chi connectivity index (χ1n) is 11.0. The van der Waals surface area contributed by atoms with Crippen LogP contribution in [0.2, 0.25) is 0 Å². The molecule has 3 fully saturated rings. The Balaban J connectivity index is 1.80. The van der Waals surface area contributed by atoms with Crippen molar-refractivity contribution in [3.05, 3.63) is 23.8 Å². The van der Waals surface area contributed by atoms with Crippen molar-refractivity contribution in [1.29, 1.82) is 0 Å². The molecule has 4 aliphatic carbocycles. The minimum Gasteiger partial charge on any atom is -0.458 e. The van der Waals surface area contributed by atoms with Crippen LogP contribution in [0.5, 0.6) is 0 Å². The highest BCUT2D eigenvalue weighted by Crippen LogP contribution is 2.72. The molecule has 0 amide bonds. The summed E-state index contributed by atoms with van der Waals surface area (Å²) in [7, 11) is 0. The summed E-state index contributed by atoms with van der Waals surface area (Å²) in [6, 6.07) is 0. The summed E-state index contributed by atoms with van der Waals surface area (Å²) in [5.74, 6) is -3.26. The summed E-state index contributed by atoms with van der Waals surface area (Å²) in [6.45, 7) is 6.04. The summed E-state index contributed by atoms with van der Waals surface area (Å²) in [5.41, 5.74) is -4.23. The fourth-order valence-electron chi connectivity index (χ4n) is 7.32. The number of carbonyl (C=O) groups is 3. The van der Waals surface area contributed by atoms with Crippen LogP contribution in [0.15, 0.2) is 23.8 Å². The number of aliphatic hydroxyl groups excluding tert-OH is 1. The number of aliphatic hydroxyl groups is 1. The maximum absolute atomic E-state index is 17.1. The minimum absolute atomic E-state index is 0.0660. The van der Waals surface area contributed by atoms with Gasteiger partial charge in [0.05, 0.1) is 10.4 Å². The Labute approximate surface area is 194 Å². The smallest absolute Gasteiger partial charge is 0.303 e. The van der Waals surface area contributed by atoms with E-state index in [0.29, 0.717) is 12.0 Å². The summed E-state index contributed by atoms with van der Waals surface area (Å²) in [6.07, 6.45) is 1.12. The average molecular weight is 515 g/mol. The molecule has 5 nitrogen and oxygen atoms in total. The van der Waals surface area contributed by atoms with Crippen LogP contribution >= 0.6 is 15.9 Å². The number of Topliss-reactive ketones (excluding diaryl/α,β-unsaturated/α-hetero) is 1. The molecule has 176 valence electrons. The van der Waals surface area contributed by atoms with E-state index in [1.807, 2.05) is 6.92 Å². The number of hydrogen-bond acceptors (Lipinski definition) is 5. The first kappa shape index (κ1) is 23.7. The van der Waals surface area contributed by atoms with Crippen molar-refractivity contribution in [2.75, 3.05) is 6.61 Å². The highest BCUT2D eigenvalue weighted by Gasteiger charge is 2.77. The van der Waals surface area contributed by atoms with Gasteiger partial charge in [0.15, 0.2) is 23.8 Å². The molecule has 0 aromatic rings. The van der Waals surface area contributed by atoms with Gasteiger partial charge in [-0.2, -0.15) is 0 Å². The first-order chi connectivity index (χ1) is 14.7. The summed E-state index contributed by atoms with van der Waals surface area (Å²) in [5, 5.41) is 11.3. The number of rotatable bonds is 3. The summed E-state index contributed by atoms with van der Waals surface area (Å²) >= 11 is 3.63. The maximum Gasteiger partial charge on any atom is 0.303 e. The third-order valence-corrected chi connectivity index (χ3v) is 11.1. The lowest BCUT2D eigenvalue weighted by Gasteiger charge is -2.63. The van der Waals surface area contributed by atoms with Gasteiger partial charge in [-0.15, -0.1) is 0 Å². The molecule has 1 N–H and O–H groups in total. The third-order valence-electron chi connectivity index (χ3n) is 8.93. The van der Waals surface area contributed by atoms with E-state index in [-0.39, 0.29) is 30.3 Å². The highest BCUT2D eigenvalue weighted by molar-refractivity contribution is 9.10. The van der Waals surface area contributed by atoms with E-state index in [1.54, 1.807) is 13.8 Å². The minimum atomic E-state index is -2.32. The first-order valence-corrected chi connectivity index (χ1v) is 11.8. The largest absolute Gasteiger partial charge is 0.458 e. The van der Waals surface area contributed by atoms with E-state index in [2.05, 4.69) is 15.9 Å². The second kappa shape index (κ2) is 7.29. The molecule has 4 rings (SSSR count). The lowest BCUT2D eigenvalue weighted by molar-refractivity contribution is -0.210. The van der Waals surface area contributed by atoms with Gasteiger partial charge in [0, 0.05) is 24.7 Å². The molecule has 9 atom stereocenters. The molecule has 3 unspecified atom stereocenters. The van der Waals surface area contributed by atoms with E-state index < -0.39 is 57.5 Å². The van der Waals surface area contributed by atoms with Crippen LogP contribution in [0, 0.1) is 28.6 Å². The van der Waals surface area contributed by atoms with Gasteiger partial charge in [0.1, 0.15) is 6.17 Å². The zero-order valence-corrected chi connectivity index (χ0v) is 20.2. The third kappa shape index (κ3) is 2.77. The number of carbonyl (C=O) groups excluding carboxylic acids is 3. The molecular formula is C24H29BrF2O5. The molecular weight excluding hydrogens is 486 g/mol. The maximum atomic E-state index is 17.1. The number of ether oxygens (including phenoxy) is 1. The van der Waals surface area contributed by atoms with Gasteiger partial charge in [-0.25, -0.2) is 8.78 Å². The second-order valence-corrected chi connectivity index (χ2v) is 11.7. The van der Waals surface area contributed by atoms with Crippen molar-refractivity contribution >= 4 is 33.5 Å². The number of allylic oxidation sites excluding steroid dienone is 4. The van der Waals surface area contributed by atoms with Crippen LogP contribution in [0.1, 0.15) is 47.0 Å². The van der Waals surface area contributed by atoms with E-state index in [4.69, 9.17) is 4.74 Å². The van der Waals surface area contributed by atoms with Crippen LogP contribution in [-0.4, -0.2) is 51.5 Å². The number of fused-ring (bicyclic) bond motifs is 5. The van der Waals surface area contributed by atoms with Crippen LogP contribution in [-0.2, 0) is 19.1 Å². The van der Waals surface area contributed by atoms with Crippen LogP contribution < -0.4 is 0 Å². The standard InChI is InChI=1S/C24H29BrF2O5/c1-12-7-16-20-17(26)9-14-8-15(29)5-6-21(14,3)24(20,27)18(30)10-22(16,4)23(12,25)19(31)11-32-13(2)28/h5-6,8,12,16-18,20,30H,7,9-11H2,1-4H3/t12?,16-,17?,18?,20+,21-,22-,23-,24+/m0/s1. The topological polar surface area (TPSA) is 80.7 Å². The van der Waals surface area contributed by atoms with Gasteiger partial charge < -0.3 is 9.84 Å². The van der Waals surface area contributed by atoms with E-state index in [0.717, 1.165) is 0 Å². The zero-order chi connectivity index (χ0) is 23.9. The fourth-order valence-corrected chi connectivity index (χ4v) is 8.08. The van der Waals surface area contributed by atoms with Crippen molar-refractivity contribution in [3.63, 3.8) is 0 Å². The van der Waals surface area contributed by atoms with Crippen molar-refractivity contribution in [3.8, 4) is 0 Å². The molecule has 0 spiro atoms. The Morgan fingerprint density at radius 1 is 1.34 bits per heavy atom. The number of ketones is 2. The zero-order valence-electron chi connectivity index (χ0n) is 18.7. The van der Waals surface area contributed by atoms with Crippen molar-refractivity contribution in [2.45, 2.75) is 69.2 Å². The van der Waals surface area contributed by atoms with Gasteiger partial charge in [0.25, 0.3) is 0 Å². The molecule has 32 heavy (non-hydrogen) atoms. The fraction of sp³-hybridized carbons (Fsp3) is 0.708. The molecule has 3 saturated carbocycles. The van der Waals surface area contributed by atoms with Crippen LogP contribution in [0.3, 0.4) is 0 Å². The molecule has 0 heterocycles. The molecule has 4 aliphatic rings. The number of alkyl halides is 3. The van der Waals surface area contributed by atoms with Crippen molar-refractivity contribution in [2.24, 2.45) is 28.6 Å². The molecule has 0 bridgehead atoms. The molecule has 0 saturated heterocycles. The van der Waals surface area contributed by atoms with Gasteiger partial charge in [-0.3, -0.25) is 14.4 Å². The second-order valence-electron chi connectivity index (χ2n) is 10.4. The highest BCUT2D eigenvalue weighted by atomic mass is 79.9. The Morgan fingerprint density at radius 2 is 2.00 bits per heavy atom. The van der Waals surface area contributed by atoms with Gasteiger partial charge in [-0.05, 0) is 49.2 Å². The predicted octanol–water partition coefficient (Wildman–Crippen LogP) is 3.82. The van der Waals surface area contributed by atoms with Crippen LogP contribution in [0.4, 0.5) is 8.78 Å². The Kier molecular flexibility index (Phi) is 5.41. The molecule has 0 aromatic carbocycles. The SMILES string of the molecule is CC(=O)OCC(=O)[C@@]1(Br)C(C)C[C@H]2[C@@H]3C(F)CC4=CC(=O)C=C[C@]4(C)[C@@]3(F)C(O)C[C@@]21C. The number of hydrogen-bond donors (Lipinski definition) is 1. The van der Waals surface area contributed by atoms with Crippen molar-refractivity contribution < 1.29 is 33.0 Å². The van der Waals surface area contributed by atoms with Gasteiger partial charge in [0.2, 0.25) is 0 Å². The van der Waals surface area contributed by atoms with Crippen molar-refractivity contribution in [1.82, 2.24) is 0 Å². The quantitative estimate of drug-likeness (QED) is 0.457. The molecule has 8 heteroatoms. The lowest BCUT2D eigenvalue weighted by atomic mass is 9.44. The predicted molar refractivity (Wildman–Crippen MR) is 116 cm³/mol. The Bertz CT molecular complexity index is 949. The normalized spacial score (nSPS) is 49.6. The average Bonchev–Trinajstić information content (AvgIpc) is 2.89. The number of esters is 1. The van der Waals surface area contributed by atoms with E-state index in [1.165, 1.54) is 25.2 Å². The molecule has 0 radical (unpaired) electrons. The Hall–Kier alpha value is -1.41. The monoisotopic (exact) mass is 514 g/mol.